The second-order valence-electron chi connectivity index (χ2n) is 5.06. The van der Waals surface area contributed by atoms with Crippen molar-refractivity contribution in [2.75, 3.05) is 0 Å². The molecular formula is C15H15N3. The molecule has 3 nitrogen and oxygen atoms in total. The number of benzene rings is 1. The van der Waals surface area contributed by atoms with Gasteiger partial charge in [0.1, 0.15) is 11.2 Å². The fraction of sp³-hybridized carbons (Fsp3) is 0.333. The summed E-state index contributed by atoms with van der Waals surface area (Å²) in [6.45, 7) is 2.07. The molecule has 1 aromatic carbocycles. The number of H-pyrrole nitrogens is 1. The summed E-state index contributed by atoms with van der Waals surface area (Å²) in [5.74, 6) is 0.826. The lowest BCUT2D eigenvalue weighted by molar-refractivity contribution is 0.309. The molecule has 18 heavy (non-hydrogen) atoms. The van der Waals surface area contributed by atoms with Crippen molar-refractivity contribution < 1.29 is 0 Å². The molecule has 1 aliphatic carbocycles. The lowest BCUT2D eigenvalue weighted by Gasteiger charge is -2.32. The van der Waals surface area contributed by atoms with Crippen LogP contribution in [-0.2, 0) is 5.41 Å². The minimum atomic E-state index is -0.358. The number of aromatic nitrogens is 2. The maximum Gasteiger partial charge on any atom is 0.127 e. The van der Waals surface area contributed by atoms with Gasteiger partial charge in [-0.15, -0.1) is 0 Å². The Hall–Kier alpha value is -2.08. The first kappa shape index (κ1) is 11.0. The first-order valence-corrected chi connectivity index (χ1v) is 6.27. The fourth-order valence-corrected chi connectivity index (χ4v) is 2.38. The van der Waals surface area contributed by atoms with Crippen LogP contribution in [0.15, 0.2) is 30.5 Å². The van der Waals surface area contributed by atoms with Crippen LogP contribution in [0.5, 0.6) is 0 Å². The van der Waals surface area contributed by atoms with Gasteiger partial charge in [-0.05, 0) is 31.7 Å². The zero-order chi connectivity index (χ0) is 12.6. The largest absolute Gasteiger partial charge is 0.341 e. The van der Waals surface area contributed by atoms with Crippen molar-refractivity contribution in [1.29, 1.82) is 5.26 Å². The summed E-state index contributed by atoms with van der Waals surface area (Å²) < 4.78 is 0. The first-order chi connectivity index (χ1) is 8.73. The third-order valence-corrected chi connectivity index (χ3v) is 3.81. The number of aryl methyl sites for hydroxylation is 1. The third kappa shape index (κ3) is 1.62. The highest BCUT2D eigenvalue weighted by atomic mass is 14.9. The Balaban J connectivity index is 1.95. The lowest BCUT2D eigenvalue weighted by Crippen LogP contribution is -2.33. The Morgan fingerprint density at radius 1 is 1.28 bits per heavy atom. The van der Waals surface area contributed by atoms with Crippen LogP contribution in [-0.4, -0.2) is 9.97 Å². The number of hydrogen-bond donors (Lipinski definition) is 1. The van der Waals surface area contributed by atoms with Crippen LogP contribution in [0.2, 0.25) is 0 Å². The SMILES string of the molecule is Cc1ccc(-c2cnc(C3(C#N)CCC3)[nH]2)cc1. The summed E-state index contributed by atoms with van der Waals surface area (Å²) in [6.07, 6.45) is 4.79. The van der Waals surface area contributed by atoms with E-state index in [0.717, 1.165) is 36.3 Å². The number of aromatic amines is 1. The lowest BCUT2D eigenvalue weighted by atomic mass is 9.69. The van der Waals surface area contributed by atoms with Gasteiger partial charge in [-0.25, -0.2) is 4.98 Å². The van der Waals surface area contributed by atoms with Crippen LogP contribution in [0.25, 0.3) is 11.3 Å². The molecule has 0 atom stereocenters. The summed E-state index contributed by atoms with van der Waals surface area (Å²) in [6, 6.07) is 10.7. The molecule has 1 aliphatic rings. The second-order valence-corrected chi connectivity index (χ2v) is 5.06. The van der Waals surface area contributed by atoms with E-state index in [1.807, 2.05) is 6.20 Å². The molecule has 3 heteroatoms. The minimum absolute atomic E-state index is 0.358. The van der Waals surface area contributed by atoms with E-state index in [-0.39, 0.29) is 5.41 Å². The molecule has 0 aliphatic heterocycles. The van der Waals surface area contributed by atoms with E-state index in [4.69, 9.17) is 0 Å². The maximum atomic E-state index is 9.30. The van der Waals surface area contributed by atoms with Crippen molar-refractivity contribution in [3.05, 3.63) is 41.9 Å². The molecule has 1 saturated carbocycles. The Bertz CT molecular complexity index is 597. The van der Waals surface area contributed by atoms with E-state index in [1.165, 1.54) is 5.56 Å². The fourth-order valence-electron chi connectivity index (χ4n) is 2.38. The van der Waals surface area contributed by atoms with E-state index in [1.54, 1.807) is 0 Å². The van der Waals surface area contributed by atoms with Crippen LogP contribution < -0.4 is 0 Å². The summed E-state index contributed by atoms with van der Waals surface area (Å²) in [5, 5.41) is 9.30. The molecule has 1 aromatic heterocycles. The second kappa shape index (κ2) is 3.99. The van der Waals surface area contributed by atoms with Crippen LogP contribution in [0.4, 0.5) is 0 Å². The van der Waals surface area contributed by atoms with Crippen molar-refractivity contribution in [3.63, 3.8) is 0 Å². The Morgan fingerprint density at radius 2 is 2.00 bits per heavy atom. The number of imidazole rings is 1. The average Bonchev–Trinajstić information content (AvgIpc) is 2.79. The molecule has 3 rings (SSSR count). The van der Waals surface area contributed by atoms with Gasteiger partial charge in [-0.1, -0.05) is 29.8 Å². The standard InChI is InChI=1S/C15H15N3/c1-11-3-5-12(6-4-11)13-9-17-14(18-13)15(10-16)7-2-8-15/h3-6,9H,2,7-8H2,1H3,(H,17,18). The van der Waals surface area contributed by atoms with Gasteiger partial charge in [-0.3, -0.25) is 0 Å². The van der Waals surface area contributed by atoms with Gasteiger partial charge in [0.2, 0.25) is 0 Å². The molecule has 1 fully saturated rings. The number of nitriles is 1. The number of nitrogens with zero attached hydrogens (tertiary/aromatic N) is 2. The molecule has 1 N–H and O–H groups in total. The molecule has 0 spiro atoms. The molecule has 0 radical (unpaired) electrons. The maximum absolute atomic E-state index is 9.30. The van der Waals surface area contributed by atoms with E-state index in [2.05, 4.69) is 47.2 Å². The van der Waals surface area contributed by atoms with Crippen LogP contribution >= 0.6 is 0 Å². The molecule has 0 saturated heterocycles. The monoisotopic (exact) mass is 237 g/mol. The van der Waals surface area contributed by atoms with Gasteiger partial charge in [0.05, 0.1) is 18.0 Å². The predicted octanol–water partition coefficient (Wildman–Crippen LogP) is 3.33. The van der Waals surface area contributed by atoms with Crippen molar-refractivity contribution in [2.45, 2.75) is 31.6 Å². The highest BCUT2D eigenvalue weighted by Gasteiger charge is 2.41. The van der Waals surface area contributed by atoms with Gasteiger partial charge < -0.3 is 4.98 Å². The van der Waals surface area contributed by atoms with Gasteiger partial charge >= 0.3 is 0 Å². The molecule has 90 valence electrons. The quantitative estimate of drug-likeness (QED) is 0.871. The molecule has 0 amide bonds. The van der Waals surface area contributed by atoms with E-state index < -0.39 is 0 Å². The molecule has 0 unspecified atom stereocenters. The van der Waals surface area contributed by atoms with E-state index >= 15 is 0 Å². The van der Waals surface area contributed by atoms with Crippen molar-refractivity contribution >= 4 is 0 Å². The Labute approximate surface area is 106 Å². The van der Waals surface area contributed by atoms with Gasteiger partial charge in [0, 0.05) is 0 Å². The van der Waals surface area contributed by atoms with Crippen molar-refractivity contribution in [3.8, 4) is 17.3 Å². The van der Waals surface area contributed by atoms with Gasteiger partial charge in [0.15, 0.2) is 0 Å². The molecule has 1 heterocycles. The van der Waals surface area contributed by atoms with E-state index in [9.17, 15) is 5.26 Å². The Kier molecular flexibility index (Phi) is 2.45. The predicted molar refractivity (Wildman–Crippen MR) is 69.9 cm³/mol. The molecular weight excluding hydrogens is 222 g/mol. The van der Waals surface area contributed by atoms with Crippen molar-refractivity contribution in [1.82, 2.24) is 9.97 Å². The van der Waals surface area contributed by atoms with Crippen LogP contribution in [0, 0.1) is 18.3 Å². The normalized spacial score (nSPS) is 16.9. The zero-order valence-electron chi connectivity index (χ0n) is 10.4. The summed E-state index contributed by atoms with van der Waals surface area (Å²) >= 11 is 0. The van der Waals surface area contributed by atoms with Gasteiger partial charge in [-0.2, -0.15) is 5.26 Å². The van der Waals surface area contributed by atoms with Crippen molar-refractivity contribution in [2.24, 2.45) is 0 Å². The minimum Gasteiger partial charge on any atom is -0.341 e. The van der Waals surface area contributed by atoms with Gasteiger partial charge in [0.25, 0.3) is 0 Å². The number of nitrogens with one attached hydrogen (secondary N) is 1. The highest BCUT2D eigenvalue weighted by molar-refractivity contribution is 5.59. The number of rotatable bonds is 2. The summed E-state index contributed by atoms with van der Waals surface area (Å²) in [4.78, 5) is 7.71. The highest BCUT2D eigenvalue weighted by Crippen LogP contribution is 2.42. The van der Waals surface area contributed by atoms with E-state index in [0.29, 0.717) is 0 Å². The van der Waals surface area contributed by atoms with Crippen LogP contribution in [0.3, 0.4) is 0 Å². The average molecular weight is 237 g/mol. The smallest absolute Gasteiger partial charge is 0.127 e. The summed E-state index contributed by atoms with van der Waals surface area (Å²) in [5.41, 5.74) is 2.99. The zero-order valence-corrected chi connectivity index (χ0v) is 10.4. The topological polar surface area (TPSA) is 52.5 Å². The van der Waals surface area contributed by atoms with Crippen LogP contribution in [0.1, 0.15) is 30.7 Å². The number of hydrogen-bond acceptors (Lipinski definition) is 2. The molecule has 0 bridgehead atoms. The third-order valence-electron chi connectivity index (χ3n) is 3.81. The Morgan fingerprint density at radius 3 is 2.56 bits per heavy atom. The first-order valence-electron chi connectivity index (χ1n) is 6.27. The summed E-state index contributed by atoms with van der Waals surface area (Å²) in [7, 11) is 0. The molecule has 2 aromatic rings.